The molecule has 0 bridgehead atoms. The van der Waals surface area contributed by atoms with E-state index in [4.69, 9.17) is 4.74 Å². The molecule has 1 atom stereocenters. The summed E-state index contributed by atoms with van der Waals surface area (Å²) in [4.78, 5) is 0. The standard InChI is InChI=1S/C19H33NO/c1-4-6-7-8-9-15-21-16-19(20-14-5-2)18-12-10-17(3)11-13-18/h10-13,19-20H,4-9,14-16H2,1-3H3. The van der Waals surface area contributed by atoms with Crippen LogP contribution in [0.3, 0.4) is 0 Å². The van der Waals surface area contributed by atoms with Gasteiger partial charge >= 0.3 is 0 Å². The summed E-state index contributed by atoms with van der Waals surface area (Å²) in [5.74, 6) is 0. The number of rotatable bonds is 12. The summed E-state index contributed by atoms with van der Waals surface area (Å²) in [5, 5.41) is 3.59. The average molecular weight is 291 g/mol. The number of benzene rings is 1. The van der Waals surface area contributed by atoms with Gasteiger partial charge in [0.05, 0.1) is 12.6 Å². The molecule has 0 saturated heterocycles. The molecule has 0 aliphatic carbocycles. The van der Waals surface area contributed by atoms with Crippen molar-refractivity contribution in [3.05, 3.63) is 35.4 Å². The van der Waals surface area contributed by atoms with Crippen molar-refractivity contribution >= 4 is 0 Å². The van der Waals surface area contributed by atoms with Gasteiger partial charge in [0, 0.05) is 6.61 Å². The van der Waals surface area contributed by atoms with E-state index in [1.807, 2.05) is 0 Å². The van der Waals surface area contributed by atoms with E-state index in [0.717, 1.165) is 26.2 Å². The average Bonchev–Trinajstić information content (AvgIpc) is 2.50. The molecular formula is C19H33NO. The molecule has 1 rings (SSSR count). The predicted molar refractivity (Wildman–Crippen MR) is 91.8 cm³/mol. The van der Waals surface area contributed by atoms with Crippen LogP contribution in [0.4, 0.5) is 0 Å². The predicted octanol–water partition coefficient (Wildman–Crippen LogP) is 5.02. The lowest BCUT2D eigenvalue weighted by atomic mass is 10.1. The lowest BCUT2D eigenvalue weighted by molar-refractivity contribution is 0.108. The third kappa shape index (κ3) is 8.23. The maximum Gasteiger partial charge on any atom is 0.0661 e. The molecule has 0 fully saturated rings. The van der Waals surface area contributed by atoms with Crippen LogP contribution in [0.25, 0.3) is 0 Å². The van der Waals surface area contributed by atoms with E-state index < -0.39 is 0 Å². The topological polar surface area (TPSA) is 21.3 Å². The van der Waals surface area contributed by atoms with Crippen molar-refractivity contribution in [1.29, 1.82) is 0 Å². The molecule has 120 valence electrons. The van der Waals surface area contributed by atoms with Gasteiger partial charge in [0.25, 0.3) is 0 Å². The zero-order chi connectivity index (χ0) is 15.3. The summed E-state index contributed by atoms with van der Waals surface area (Å²) in [5.41, 5.74) is 2.64. The highest BCUT2D eigenvalue weighted by atomic mass is 16.5. The van der Waals surface area contributed by atoms with Crippen LogP contribution >= 0.6 is 0 Å². The van der Waals surface area contributed by atoms with E-state index in [0.29, 0.717) is 6.04 Å². The number of aryl methyl sites for hydroxylation is 1. The molecule has 0 saturated carbocycles. The lowest BCUT2D eigenvalue weighted by Crippen LogP contribution is -2.26. The fourth-order valence-electron chi connectivity index (χ4n) is 2.40. The molecule has 0 amide bonds. The van der Waals surface area contributed by atoms with Gasteiger partial charge in [-0.25, -0.2) is 0 Å². The summed E-state index contributed by atoms with van der Waals surface area (Å²) < 4.78 is 5.90. The highest BCUT2D eigenvalue weighted by molar-refractivity contribution is 5.24. The van der Waals surface area contributed by atoms with E-state index in [1.165, 1.54) is 43.2 Å². The van der Waals surface area contributed by atoms with Gasteiger partial charge < -0.3 is 10.1 Å². The summed E-state index contributed by atoms with van der Waals surface area (Å²) in [7, 11) is 0. The summed E-state index contributed by atoms with van der Waals surface area (Å²) in [6.45, 7) is 9.29. The molecule has 0 heterocycles. The second kappa shape index (κ2) is 11.8. The second-order valence-corrected chi connectivity index (χ2v) is 5.91. The Balaban J connectivity index is 2.31. The Labute approximate surface area is 131 Å². The number of nitrogens with one attached hydrogen (secondary N) is 1. The van der Waals surface area contributed by atoms with Crippen LogP contribution in [0.15, 0.2) is 24.3 Å². The zero-order valence-electron chi connectivity index (χ0n) is 14.2. The largest absolute Gasteiger partial charge is 0.379 e. The monoisotopic (exact) mass is 291 g/mol. The lowest BCUT2D eigenvalue weighted by Gasteiger charge is -2.19. The van der Waals surface area contributed by atoms with Gasteiger partial charge in [-0.15, -0.1) is 0 Å². The Morgan fingerprint density at radius 2 is 1.67 bits per heavy atom. The van der Waals surface area contributed by atoms with Gasteiger partial charge in [-0.2, -0.15) is 0 Å². The first-order valence-electron chi connectivity index (χ1n) is 8.65. The highest BCUT2D eigenvalue weighted by Crippen LogP contribution is 2.15. The van der Waals surface area contributed by atoms with Crippen molar-refractivity contribution in [3.63, 3.8) is 0 Å². The molecule has 21 heavy (non-hydrogen) atoms. The number of hydrogen-bond donors (Lipinski definition) is 1. The van der Waals surface area contributed by atoms with Gasteiger partial charge in [0.1, 0.15) is 0 Å². The van der Waals surface area contributed by atoms with E-state index in [2.05, 4.69) is 50.4 Å². The first kappa shape index (κ1) is 18.2. The van der Waals surface area contributed by atoms with Crippen molar-refractivity contribution in [2.45, 2.75) is 65.3 Å². The van der Waals surface area contributed by atoms with Crippen molar-refractivity contribution in [3.8, 4) is 0 Å². The van der Waals surface area contributed by atoms with Crippen molar-refractivity contribution in [2.24, 2.45) is 0 Å². The van der Waals surface area contributed by atoms with Gasteiger partial charge in [-0.3, -0.25) is 0 Å². The molecule has 1 unspecified atom stereocenters. The minimum atomic E-state index is 0.321. The molecule has 0 aromatic heterocycles. The van der Waals surface area contributed by atoms with Crippen molar-refractivity contribution < 1.29 is 4.74 Å². The van der Waals surface area contributed by atoms with Gasteiger partial charge in [0.2, 0.25) is 0 Å². The molecule has 1 aromatic rings. The summed E-state index contributed by atoms with van der Waals surface area (Å²) in [6.07, 6.45) is 7.63. The van der Waals surface area contributed by atoms with Crippen LogP contribution in [0.2, 0.25) is 0 Å². The third-order valence-corrected chi connectivity index (χ3v) is 3.80. The normalized spacial score (nSPS) is 12.5. The van der Waals surface area contributed by atoms with Crippen LogP contribution in [0.5, 0.6) is 0 Å². The van der Waals surface area contributed by atoms with Crippen LogP contribution in [0, 0.1) is 6.92 Å². The number of hydrogen-bond acceptors (Lipinski definition) is 2. The molecule has 0 aliphatic heterocycles. The van der Waals surface area contributed by atoms with Crippen LogP contribution in [-0.4, -0.2) is 19.8 Å². The van der Waals surface area contributed by atoms with E-state index in [9.17, 15) is 0 Å². The van der Waals surface area contributed by atoms with Gasteiger partial charge in [-0.05, 0) is 31.9 Å². The SMILES string of the molecule is CCCCCCCOCC(NCCC)c1ccc(C)cc1. The molecule has 2 heteroatoms. The maximum atomic E-state index is 5.90. The second-order valence-electron chi connectivity index (χ2n) is 5.91. The fraction of sp³-hybridized carbons (Fsp3) is 0.684. The zero-order valence-corrected chi connectivity index (χ0v) is 14.2. The van der Waals surface area contributed by atoms with Gasteiger partial charge in [0.15, 0.2) is 0 Å². The fourth-order valence-corrected chi connectivity index (χ4v) is 2.40. The number of unbranched alkanes of at least 4 members (excludes halogenated alkanes) is 4. The molecule has 0 spiro atoms. The Morgan fingerprint density at radius 3 is 2.33 bits per heavy atom. The van der Waals surface area contributed by atoms with Crippen LogP contribution in [-0.2, 0) is 4.74 Å². The summed E-state index contributed by atoms with van der Waals surface area (Å²) >= 11 is 0. The third-order valence-electron chi connectivity index (χ3n) is 3.80. The minimum Gasteiger partial charge on any atom is -0.379 e. The first-order chi connectivity index (χ1) is 10.3. The quantitative estimate of drug-likeness (QED) is 0.546. The molecule has 1 aromatic carbocycles. The molecular weight excluding hydrogens is 258 g/mol. The highest BCUT2D eigenvalue weighted by Gasteiger charge is 2.10. The van der Waals surface area contributed by atoms with Crippen LogP contribution < -0.4 is 5.32 Å². The Kier molecular flexibility index (Phi) is 10.2. The Morgan fingerprint density at radius 1 is 0.952 bits per heavy atom. The van der Waals surface area contributed by atoms with E-state index in [-0.39, 0.29) is 0 Å². The number of ether oxygens (including phenoxy) is 1. The van der Waals surface area contributed by atoms with Crippen molar-refractivity contribution in [2.75, 3.05) is 19.8 Å². The molecule has 0 radical (unpaired) electrons. The Bertz CT molecular complexity index is 347. The first-order valence-corrected chi connectivity index (χ1v) is 8.65. The van der Waals surface area contributed by atoms with Crippen LogP contribution in [0.1, 0.15) is 69.5 Å². The molecule has 2 nitrogen and oxygen atoms in total. The summed E-state index contributed by atoms with van der Waals surface area (Å²) in [6, 6.07) is 9.11. The van der Waals surface area contributed by atoms with Gasteiger partial charge in [-0.1, -0.05) is 69.4 Å². The minimum absolute atomic E-state index is 0.321. The smallest absolute Gasteiger partial charge is 0.0661 e. The Hall–Kier alpha value is -0.860. The van der Waals surface area contributed by atoms with E-state index >= 15 is 0 Å². The molecule has 0 aliphatic rings. The maximum absolute atomic E-state index is 5.90. The van der Waals surface area contributed by atoms with Crippen molar-refractivity contribution in [1.82, 2.24) is 5.32 Å². The van der Waals surface area contributed by atoms with E-state index in [1.54, 1.807) is 0 Å². The molecule has 1 N–H and O–H groups in total.